The molecule has 0 radical (unpaired) electrons. The highest BCUT2D eigenvalue weighted by Gasteiger charge is 2.39. The van der Waals surface area contributed by atoms with Crippen molar-refractivity contribution in [2.45, 2.75) is 38.1 Å². The number of ether oxygens (including phenoxy) is 3. The molecular formula is C41H43N3O7. The van der Waals surface area contributed by atoms with Crippen molar-refractivity contribution in [3.05, 3.63) is 150 Å². The van der Waals surface area contributed by atoms with E-state index in [0.29, 0.717) is 35.8 Å². The summed E-state index contributed by atoms with van der Waals surface area (Å²) < 4.78 is 19.0. The molecule has 10 nitrogen and oxygen atoms in total. The number of amides is 2. The van der Waals surface area contributed by atoms with Gasteiger partial charge in [-0.2, -0.15) is 0 Å². The molecule has 1 saturated heterocycles. The number of benzene rings is 5. The molecule has 1 heterocycles. The molecule has 0 unspecified atom stereocenters. The Hall–Kier alpha value is -5.23. The fourth-order valence-corrected chi connectivity index (χ4v) is 6.09. The fourth-order valence-electron chi connectivity index (χ4n) is 6.09. The van der Waals surface area contributed by atoms with E-state index >= 15 is 0 Å². The van der Waals surface area contributed by atoms with Gasteiger partial charge in [0.2, 0.25) is 0 Å². The summed E-state index contributed by atoms with van der Waals surface area (Å²) in [5.41, 5.74) is 4.41. The number of nitrogens with one attached hydrogen (secondary N) is 2. The number of urea groups is 1. The Balaban J connectivity index is 1.11. The monoisotopic (exact) mass is 689 g/mol. The Morgan fingerprint density at radius 3 is 2.08 bits per heavy atom. The summed E-state index contributed by atoms with van der Waals surface area (Å²) in [5, 5.41) is 36.0. The van der Waals surface area contributed by atoms with E-state index in [0.717, 1.165) is 22.4 Å². The maximum atomic E-state index is 12.8. The Morgan fingerprint density at radius 1 is 0.804 bits per heavy atom. The fraction of sp³-hybridized carbons (Fsp3) is 0.244. The van der Waals surface area contributed by atoms with E-state index in [-0.39, 0.29) is 36.5 Å². The molecule has 10 heteroatoms. The number of hydrogen-bond acceptors (Lipinski definition) is 8. The van der Waals surface area contributed by atoms with E-state index < -0.39 is 12.4 Å². The summed E-state index contributed by atoms with van der Waals surface area (Å²) in [6, 6.07) is 37.9. The summed E-state index contributed by atoms with van der Waals surface area (Å²) in [4.78, 5) is 14.8. The normalized spacial score (nSPS) is 19.3. The number of hydrogen-bond donors (Lipinski definition) is 5. The highest BCUT2D eigenvalue weighted by atomic mass is 16.7. The lowest BCUT2D eigenvalue weighted by atomic mass is 9.90. The van der Waals surface area contributed by atoms with Crippen molar-refractivity contribution in [2.75, 3.05) is 30.8 Å². The Bertz CT molecular complexity index is 1850. The molecule has 6 rings (SSSR count). The van der Waals surface area contributed by atoms with Crippen LogP contribution in [0.1, 0.15) is 47.7 Å². The van der Waals surface area contributed by atoms with Crippen molar-refractivity contribution in [1.82, 2.24) is 4.90 Å². The Kier molecular flexibility index (Phi) is 11.6. The molecule has 264 valence electrons. The van der Waals surface area contributed by atoms with Crippen LogP contribution in [0.2, 0.25) is 0 Å². The summed E-state index contributed by atoms with van der Waals surface area (Å²) in [5.74, 6) is 1.45. The van der Waals surface area contributed by atoms with Crippen molar-refractivity contribution >= 4 is 17.4 Å². The number of carbonyl (C=O) groups excluding carboxylic acids is 1. The van der Waals surface area contributed by atoms with Crippen LogP contribution in [0.15, 0.2) is 127 Å². The summed E-state index contributed by atoms with van der Waals surface area (Å²) in [6.45, 7) is 2.89. The first-order chi connectivity index (χ1) is 24.7. The average Bonchev–Trinajstić information content (AvgIpc) is 3.14. The number of phenols is 1. The van der Waals surface area contributed by atoms with Gasteiger partial charge in [0.15, 0.2) is 6.29 Å². The molecule has 1 fully saturated rings. The number of anilines is 2. The third-order valence-corrected chi connectivity index (χ3v) is 8.89. The highest BCUT2D eigenvalue weighted by Crippen LogP contribution is 2.42. The molecule has 1 aliphatic heterocycles. The molecule has 0 spiro atoms. The molecule has 2 amide bonds. The van der Waals surface area contributed by atoms with Crippen LogP contribution in [0.25, 0.3) is 0 Å². The largest absolute Gasteiger partial charge is 0.508 e. The third kappa shape index (κ3) is 9.52. The lowest BCUT2D eigenvalue weighted by molar-refractivity contribution is -0.276. The molecule has 5 aromatic rings. The first-order valence-corrected chi connectivity index (χ1v) is 16.9. The lowest BCUT2D eigenvalue weighted by Crippen LogP contribution is -2.44. The highest BCUT2D eigenvalue weighted by molar-refractivity contribution is 5.99. The van der Waals surface area contributed by atoms with Crippen LogP contribution in [0.4, 0.5) is 16.2 Å². The number of para-hydroxylation sites is 1. The number of aliphatic hydroxyl groups is 2. The molecule has 5 atom stereocenters. The van der Waals surface area contributed by atoms with E-state index in [4.69, 9.17) is 14.2 Å². The van der Waals surface area contributed by atoms with E-state index in [1.807, 2.05) is 78.7 Å². The molecule has 5 aromatic carbocycles. The zero-order valence-electron chi connectivity index (χ0n) is 28.6. The van der Waals surface area contributed by atoms with E-state index in [1.54, 1.807) is 60.7 Å². The van der Waals surface area contributed by atoms with Crippen LogP contribution >= 0.6 is 0 Å². The van der Waals surface area contributed by atoms with Crippen LogP contribution < -0.4 is 15.4 Å². The Morgan fingerprint density at radius 2 is 1.43 bits per heavy atom. The summed E-state index contributed by atoms with van der Waals surface area (Å²) >= 11 is 0. The van der Waals surface area contributed by atoms with Gasteiger partial charge in [-0.05, 0) is 84.4 Å². The zero-order chi connectivity index (χ0) is 35.7. The van der Waals surface area contributed by atoms with Crippen LogP contribution in [-0.4, -0.2) is 52.5 Å². The van der Waals surface area contributed by atoms with Gasteiger partial charge in [-0.1, -0.05) is 73.7 Å². The second-order valence-corrected chi connectivity index (χ2v) is 12.8. The van der Waals surface area contributed by atoms with Crippen molar-refractivity contribution in [3.63, 3.8) is 0 Å². The van der Waals surface area contributed by atoms with Crippen LogP contribution in [0.5, 0.6) is 17.2 Å². The number of aliphatic hydroxyl groups excluding tert-OH is 2. The minimum atomic E-state index is -0.792. The van der Waals surface area contributed by atoms with Crippen molar-refractivity contribution in [3.8, 4) is 17.2 Å². The van der Waals surface area contributed by atoms with Crippen LogP contribution in [0, 0.1) is 5.92 Å². The smallest absolute Gasteiger partial charge is 0.323 e. The van der Waals surface area contributed by atoms with Gasteiger partial charge in [-0.15, -0.1) is 0 Å². The van der Waals surface area contributed by atoms with Gasteiger partial charge in [0, 0.05) is 35.9 Å². The standard InChI is InChI=1S/C41H43N3O7/c1-27-38(25-44(2)24-37(47)31-7-6-8-34(46)23-31)50-40(51-39(27)29-13-11-28(26-45)12-14-29)30-15-17-32(18-16-30)42-41(48)43-33-19-21-36(22-20-33)49-35-9-4-3-5-10-35/h3-23,27,37-40,45-47H,24-26H2,1-2H3,(H2,42,43,48)/t27-,37+,38+,39+,40+/m0/s1. The van der Waals surface area contributed by atoms with E-state index in [9.17, 15) is 20.1 Å². The second-order valence-electron chi connectivity index (χ2n) is 12.8. The van der Waals surface area contributed by atoms with E-state index in [2.05, 4.69) is 17.6 Å². The molecule has 0 aliphatic carbocycles. The zero-order valence-corrected chi connectivity index (χ0v) is 28.6. The number of rotatable bonds is 12. The maximum Gasteiger partial charge on any atom is 0.323 e. The number of likely N-dealkylation sites (N-methyl/N-ethyl adjacent to an activating group) is 1. The quantitative estimate of drug-likeness (QED) is 0.0898. The molecular weight excluding hydrogens is 646 g/mol. The van der Waals surface area contributed by atoms with Crippen LogP contribution in [-0.2, 0) is 16.1 Å². The maximum absolute atomic E-state index is 12.8. The number of aromatic hydroxyl groups is 1. The van der Waals surface area contributed by atoms with Gasteiger partial charge >= 0.3 is 6.03 Å². The van der Waals surface area contributed by atoms with Crippen LogP contribution in [0.3, 0.4) is 0 Å². The molecule has 1 aliphatic rings. The molecule has 51 heavy (non-hydrogen) atoms. The lowest BCUT2D eigenvalue weighted by Gasteiger charge is -2.42. The van der Waals surface area contributed by atoms with Gasteiger partial charge in [0.05, 0.1) is 24.9 Å². The van der Waals surface area contributed by atoms with Gasteiger partial charge in [-0.25, -0.2) is 4.79 Å². The predicted molar refractivity (Wildman–Crippen MR) is 196 cm³/mol. The number of phenolic OH excluding ortho intramolecular Hbond substituents is 1. The average molecular weight is 690 g/mol. The second kappa shape index (κ2) is 16.7. The number of carbonyl (C=O) groups is 1. The van der Waals surface area contributed by atoms with Gasteiger partial charge in [0.25, 0.3) is 0 Å². The number of nitrogens with zero attached hydrogens (tertiary/aromatic N) is 1. The Labute approximate surface area is 297 Å². The predicted octanol–water partition coefficient (Wildman–Crippen LogP) is 7.78. The first kappa shape index (κ1) is 35.6. The first-order valence-electron chi connectivity index (χ1n) is 16.9. The third-order valence-electron chi connectivity index (χ3n) is 8.89. The molecule has 0 bridgehead atoms. The summed E-state index contributed by atoms with van der Waals surface area (Å²) in [6.07, 6.45) is -2.06. The molecule has 0 saturated carbocycles. The summed E-state index contributed by atoms with van der Waals surface area (Å²) in [7, 11) is 1.93. The van der Waals surface area contributed by atoms with Crippen molar-refractivity contribution in [1.29, 1.82) is 0 Å². The molecule has 5 N–H and O–H groups in total. The minimum absolute atomic E-state index is 0.0452. The van der Waals surface area contributed by atoms with Crippen molar-refractivity contribution < 1.29 is 34.3 Å². The van der Waals surface area contributed by atoms with Crippen molar-refractivity contribution in [2.24, 2.45) is 5.92 Å². The SMILES string of the molecule is C[C@H]1[C@@H](CN(C)C[C@@H](O)c2cccc(O)c2)O[C@@H](c2ccc(NC(=O)Nc3ccc(Oc4ccccc4)cc3)cc2)O[C@H]1c1ccc(CO)cc1. The minimum Gasteiger partial charge on any atom is -0.508 e. The van der Waals surface area contributed by atoms with Gasteiger partial charge in [0.1, 0.15) is 17.2 Å². The molecule has 0 aromatic heterocycles. The van der Waals surface area contributed by atoms with Gasteiger partial charge < -0.3 is 45.1 Å². The topological polar surface area (TPSA) is 133 Å². The van der Waals surface area contributed by atoms with E-state index in [1.165, 1.54) is 0 Å². The van der Waals surface area contributed by atoms with Gasteiger partial charge in [-0.3, -0.25) is 0 Å².